The maximum absolute atomic E-state index is 5.99. The van der Waals surface area contributed by atoms with Crippen LogP contribution in [0.3, 0.4) is 0 Å². The number of aromatic nitrogens is 1. The fraction of sp³-hybridized carbons (Fsp3) is 0.500. The average molecular weight is 250 g/mol. The summed E-state index contributed by atoms with van der Waals surface area (Å²) >= 11 is 1.97. The number of rotatable bonds is 2. The average Bonchev–Trinajstić information content (AvgIpc) is 2.38. The highest BCUT2D eigenvalue weighted by Gasteiger charge is 2.12. The molecule has 2 N–H and O–H groups in total. The molecule has 0 atom stereocenters. The highest BCUT2D eigenvalue weighted by Crippen LogP contribution is 2.09. The first-order valence-electron chi connectivity index (χ1n) is 5.80. The summed E-state index contributed by atoms with van der Waals surface area (Å²) < 4.78 is 0. The molecule has 1 aliphatic heterocycles. The fourth-order valence-corrected chi connectivity index (χ4v) is 2.64. The number of guanidine groups is 1. The third kappa shape index (κ3) is 3.36. The molecule has 0 amide bonds. The number of nitrogens with zero attached hydrogens (tertiary/aromatic N) is 3. The second-order valence-electron chi connectivity index (χ2n) is 4.04. The van der Waals surface area contributed by atoms with E-state index in [4.69, 9.17) is 5.73 Å². The third-order valence-corrected chi connectivity index (χ3v) is 3.79. The van der Waals surface area contributed by atoms with Crippen molar-refractivity contribution in [1.82, 2.24) is 9.88 Å². The van der Waals surface area contributed by atoms with Crippen LogP contribution in [0.5, 0.6) is 0 Å². The monoisotopic (exact) mass is 250 g/mol. The molecule has 0 aliphatic carbocycles. The Labute approximate surface area is 106 Å². The van der Waals surface area contributed by atoms with Crippen LogP contribution in [0, 0.1) is 6.92 Å². The van der Waals surface area contributed by atoms with E-state index < -0.39 is 0 Å². The lowest BCUT2D eigenvalue weighted by atomic mass is 10.2. The quantitative estimate of drug-likeness (QED) is 0.634. The maximum atomic E-state index is 5.99. The van der Waals surface area contributed by atoms with E-state index in [1.165, 1.54) is 5.56 Å². The van der Waals surface area contributed by atoms with Gasteiger partial charge in [-0.1, -0.05) is 6.07 Å². The molecule has 1 aliphatic rings. The van der Waals surface area contributed by atoms with Crippen molar-refractivity contribution >= 4 is 17.7 Å². The number of thioether (sulfide) groups is 1. The van der Waals surface area contributed by atoms with E-state index in [2.05, 4.69) is 14.9 Å². The molecule has 0 saturated carbocycles. The molecule has 92 valence electrons. The molecule has 0 radical (unpaired) electrons. The summed E-state index contributed by atoms with van der Waals surface area (Å²) in [6.45, 7) is 4.62. The lowest BCUT2D eigenvalue weighted by molar-refractivity contribution is 0.455. The van der Waals surface area contributed by atoms with Crippen molar-refractivity contribution < 1.29 is 0 Å². The van der Waals surface area contributed by atoms with Gasteiger partial charge in [-0.05, 0) is 18.6 Å². The normalized spacial score (nSPS) is 17.2. The van der Waals surface area contributed by atoms with E-state index in [-0.39, 0.29) is 0 Å². The zero-order valence-electron chi connectivity index (χ0n) is 10.1. The van der Waals surface area contributed by atoms with Gasteiger partial charge in [-0.2, -0.15) is 11.8 Å². The predicted octanol–water partition coefficient (Wildman–Crippen LogP) is 1.25. The minimum absolute atomic E-state index is 0.572. The molecule has 17 heavy (non-hydrogen) atoms. The number of aryl methyl sites for hydroxylation is 1. The maximum Gasteiger partial charge on any atom is 0.191 e. The molecule has 1 aromatic heterocycles. The van der Waals surface area contributed by atoms with Crippen LogP contribution in [0.1, 0.15) is 11.3 Å². The highest BCUT2D eigenvalue weighted by atomic mass is 32.2. The van der Waals surface area contributed by atoms with Gasteiger partial charge in [0.25, 0.3) is 0 Å². The van der Waals surface area contributed by atoms with Gasteiger partial charge in [-0.15, -0.1) is 0 Å². The van der Waals surface area contributed by atoms with Crippen LogP contribution in [-0.4, -0.2) is 40.4 Å². The Hall–Kier alpha value is -1.23. The van der Waals surface area contributed by atoms with E-state index in [9.17, 15) is 0 Å². The molecule has 0 bridgehead atoms. The molecule has 1 aromatic rings. The van der Waals surface area contributed by atoms with Crippen molar-refractivity contribution in [2.75, 3.05) is 24.6 Å². The summed E-state index contributed by atoms with van der Waals surface area (Å²) in [4.78, 5) is 10.9. The summed E-state index contributed by atoms with van der Waals surface area (Å²) in [6, 6.07) is 3.99. The zero-order chi connectivity index (χ0) is 12.1. The summed E-state index contributed by atoms with van der Waals surface area (Å²) in [5.41, 5.74) is 8.15. The van der Waals surface area contributed by atoms with Gasteiger partial charge >= 0.3 is 0 Å². The van der Waals surface area contributed by atoms with Gasteiger partial charge in [0.1, 0.15) is 0 Å². The smallest absolute Gasteiger partial charge is 0.191 e. The molecule has 0 unspecified atom stereocenters. The first-order valence-corrected chi connectivity index (χ1v) is 6.96. The number of aliphatic imine (C=N–C) groups is 1. The number of hydrogen-bond donors (Lipinski definition) is 1. The zero-order valence-corrected chi connectivity index (χ0v) is 10.9. The molecule has 2 rings (SSSR count). The summed E-state index contributed by atoms with van der Waals surface area (Å²) in [7, 11) is 0. The molecule has 4 nitrogen and oxygen atoms in total. The molecule has 0 spiro atoms. The van der Waals surface area contributed by atoms with Crippen LogP contribution in [0.15, 0.2) is 23.3 Å². The van der Waals surface area contributed by atoms with E-state index in [0.717, 1.165) is 30.3 Å². The predicted molar refractivity (Wildman–Crippen MR) is 73.2 cm³/mol. The van der Waals surface area contributed by atoms with Crippen LogP contribution in [0.2, 0.25) is 0 Å². The number of hydrogen-bond acceptors (Lipinski definition) is 3. The Kier molecular flexibility index (Phi) is 4.25. The lowest BCUT2D eigenvalue weighted by Gasteiger charge is -2.27. The van der Waals surface area contributed by atoms with Gasteiger partial charge in [-0.25, -0.2) is 4.99 Å². The van der Waals surface area contributed by atoms with Gasteiger partial charge in [0.05, 0.1) is 12.2 Å². The molecule has 2 heterocycles. The van der Waals surface area contributed by atoms with E-state index in [1.807, 2.05) is 30.8 Å². The second-order valence-corrected chi connectivity index (χ2v) is 5.27. The molecule has 1 fully saturated rings. The van der Waals surface area contributed by atoms with Crippen LogP contribution in [0.4, 0.5) is 0 Å². The molecule has 1 saturated heterocycles. The van der Waals surface area contributed by atoms with Gasteiger partial charge < -0.3 is 10.6 Å². The summed E-state index contributed by atoms with van der Waals surface area (Å²) in [6.07, 6.45) is 1.80. The van der Waals surface area contributed by atoms with Crippen LogP contribution in [0.25, 0.3) is 0 Å². The summed E-state index contributed by atoms with van der Waals surface area (Å²) in [5, 5.41) is 0. The van der Waals surface area contributed by atoms with Crippen molar-refractivity contribution in [2.24, 2.45) is 10.7 Å². The van der Waals surface area contributed by atoms with Crippen molar-refractivity contribution in [2.45, 2.75) is 13.5 Å². The molecular weight excluding hydrogens is 232 g/mol. The fourth-order valence-electron chi connectivity index (χ4n) is 1.73. The number of nitrogens with two attached hydrogens (primary N) is 1. The van der Waals surface area contributed by atoms with Crippen molar-refractivity contribution in [1.29, 1.82) is 0 Å². The van der Waals surface area contributed by atoms with Gasteiger partial charge in [0, 0.05) is 30.8 Å². The Morgan fingerprint density at radius 2 is 2.29 bits per heavy atom. The van der Waals surface area contributed by atoms with Crippen LogP contribution >= 0.6 is 11.8 Å². The van der Waals surface area contributed by atoms with Gasteiger partial charge in [-0.3, -0.25) is 4.98 Å². The van der Waals surface area contributed by atoms with Crippen LogP contribution in [-0.2, 0) is 6.54 Å². The lowest BCUT2D eigenvalue weighted by Crippen LogP contribution is -2.42. The van der Waals surface area contributed by atoms with Crippen molar-refractivity contribution in [3.63, 3.8) is 0 Å². The van der Waals surface area contributed by atoms with E-state index in [0.29, 0.717) is 12.5 Å². The topological polar surface area (TPSA) is 54.5 Å². The first-order chi connectivity index (χ1) is 8.27. The Balaban J connectivity index is 1.97. The molecular formula is C12H18N4S. The van der Waals surface area contributed by atoms with Gasteiger partial charge in [0.2, 0.25) is 0 Å². The van der Waals surface area contributed by atoms with E-state index in [1.54, 1.807) is 6.20 Å². The van der Waals surface area contributed by atoms with Crippen molar-refractivity contribution in [3.05, 3.63) is 29.6 Å². The first kappa shape index (κ1) is 12.2. The van der Waals surface area contributed by atoms with Crippen molar-refractivity contribution in [3.8, 4) is 0 Å². The molecule has 0 aromatic carbocycles. The molecule has 5 heteroatoms. The summed E-state index contributed by atoms with van der Waals surface area (Å²) in [5.74, 6) is 2.92. The standard InChI is InChI=1S/C12H18N4S/c1-10-3-2-4-14-11(10)9-15-12(13)16-5-7-17-8-6-16/h2-4H,5-9H2,1H3,(H2,13,15). The minimum Gasteiger partial charge on any atom is -0.370 e. The second kappa shape index (κ2) is 5.91. The van der Waals surface area contributed by atoms with Gasteiger partial charge in [0.15, 0.2) is 5.96 Å². The highest BCUT2D eigenvalue weighted by molar-refractivity contribution is 7.99. The third-order valence-electron chi connectivity index (χ3n) is 2.84. The minimum atomic E-state index is 0.572. The number of pyridine rings is 1. The SMILES string of the molecule is Cc1cccnc1CN=C(N)N1CCSCC1. The Morgan fingerprint density at radius 1 is 1.53 bits per heavy atom. The Bertz CT molecular complexity index is 399. The largest absolute Gasteiger partial charge is 0.370 e. The van der Waals surface area contributed by atoms with Crippen LogP contribution < -0.4 is 5.73 Å². The van der Waals surface area contributed by atoms with E-state index >= 15 is 0 Å². The Morgan fingerprint density at radius 3 is 3.00 bits per heavy atom.